The van der Waals surface area contributed by atoms with Gasteiger partial charge in [0.2, 0.25) is 0 Å². The number of aryl methyl sites for hydroxylation is 1. The number of carbonyl (C=O) groups is 2. The number of nitro benzene ring substituents is 1. The van der Waals surface area contributed by atoms with E-state index in [1.807, 2.05) is 0 Å². The van der Waals surface area contributed by atoms with E-state index >= 15 is 0 Å². The molecule has 9 heteroatoms. The van der Waals surface area contributed by atoms with Crippen LogP contribution in [0.3, 0.4) is 0 Å². The van der Waals surface area contributed by atoms with Gasteiger partial charge in [0, 0.05) is 12.1 Å². The minimum absolute atomic E-state index is 0.0272. The molecule has 1 N–H and O–H groups in total. The van der Waals surface area contributed by atoms with Crippen LogP contribution in [0.2, 0.25) is 5.02 Å². The number of halogens is 1. The summed E-state index contributed by atoms with van der Waals surface area (Å²) < 4.78 is 4.94. The highest BCUT2D eigenvalue weighted by Gasteiger charge is 2.18. The Balaban J connectivity index is 2.20. The molecule has 0 fully saturated rings. The number of nitrogens with zero attached hydrogens (tertiary/aromatic N) is 1. The summed E-state index contributed by atoms with van der Waals surface area (Å²) in [7, 11) is 0. The lowest BCUT2D eigenvalue weighted by Crippen LogP contribution is -2.11. The number of anilines is 1. The molecule has 0 radical (unpaired) electrons. The van der Waals surface area contributed by atoms with Crippen LogP contribution in [0.4, 0.5) is 10.7 Å². The van der Waals surface area contributed by atoms with Crippen LogP contribution in [-0.4, -0.2) is 23.4 Å². The fraction of sp³-hybridized carbons (Fsp3) is 0.200. The van der Waals surface area contributed by atoms with Gasteiger partial charge in [0.15, 0.2) is 0 Å². The first-order chi connectivity index (χ1) is 11.3. The Hall–Kier alpha value is -2.45. The molecule has 0 spiro atoms. The van der Waals surface area contributed by atoms with Crippen molar-refractivity contribution in [3.63, 3.8) is 0 Å². The van der Waals surface area contributed by atoms with E-state index in [-0.39, 0.29) is 22.9 Å². The van der Waals surface area contributed by atoms with Gasteiger partial charge < -0.3 is 10.1 Å². The molecule has 7 nitrogen and oxygen atoms in total. The third-order valence-electron chi connectivity index (χ3n) is 3.02. The molecule has 2 aromatic rings. The van der Waals surface area contributed by atoms with E-state index < -0.39 is 16.8 Å². The number of ether oxygens (including phenoxy) is 1. The molecule has 1 amide bonds. The first kappa shape index (κ1) is 17.9. The zero-order valence-electron chi connectivity index (χ0n) is 12.8. The second kappa shape index (κ2) is 7.41. The first-order valence-electron chi connectivity index (χ1n) is 6.86. The van der Waals surface area contributed by atoms with E-state index in [9.17, 15) is 19.7 Å². The van der Waals surface area contributed by atoms with Crippen LogP contribution in [0, 0.1) is 17.0 Å². The molecule has 0 aliphatic heterocycles. The van der Waals surface area contributed by atoms with Crippen LogP contribution in [0.1, 0.15) is 32.5 Å². The van der Waals surface area contributed by atoms with Crippen LogP contribution < -0.4 is 5.32 Å². The van der Waals surface area contributed by atoms with Gasteiger partial charge in [0.25, 0.3) is 11.6 Å². The number of nitrogens with one attached hydrogen (secondary N) is 1. The summed E-state index contributed by atoms with van der Waals surface area (Å²) in [5, 5.41) is 13.7. The number of non-ortho nitro benzene ring substituents is 1. The molecule has 0 saturated heterocycles. The molecular weight excluding hydrogens is 356 g/mol. The van der Waals surface area contributed by atoms with Gasteiger partial charge in [-0.05, 0) is 31.5 Å². The molecule has 24 heavy (non-hydrogen) atoms. The fourth-order valence-corrected chi connectivity index (χ4v) is 3.15. The Morgan fingerprint density at radius 3 is 2.67 bits per heavy atom. The monoisotopic (exact) mass is 368 g/mol. The number of nitro groups is 1. The van der Waals surface area contributed by atoms with Crippen LogP contribution in [0.5, 0.6) is 0 Å². The molecule has 1 aromatic heterocycles. The van der Waals surface area contributed by atoms with Gasteiger partial charge in [-0.2, -0.15) is 0 Å². The molecular formula is C15H13ClN2O5S. The largest absolute Gasteiger partial charge is 0.462 e. The molecule has 0 aliphatic rings. The Bertz CT molecular complexity index is 818. The van der Waals surface area contributed by atoms with Gasteiger partial charge in [0.05, 0.1) is 27.1 Å². The predicted octanol–water partition coefficient (Wildman–Crippen LogP) is 4.05. The number of rotatable bonds is 5. The summed E-state index contributed by atoms with van der Waals surface area (Å²) in [6.45, 7) is 3.70. The highest BCUT2D eigenvalue weighted by Crippen LogP contribution is 2.29. The number of carbonyl (C=O) groups excluding carboxylic acids is 2. The third kappa shape index (κ3) is 3.90. The molecule has 0 aliphatic carbocycles. The average molecular weight is 369 g/mol. The van der Waals surface area contributed by atoms with Crippen molar-refractivity contribution in [2.24, 2.45) is 0 Å². The van der Waals surface area contributed by atoms with Gasteiger partial charge in [-0.3, -0.25) is 14.9 Å². The lowest BCUT2D eigenvalue weighted by atomic mass is 10.2. The van der Waals surface area contributed by atoms with Gasteiger partial charge in [0.1, 0.15) is 4.88 Å². The zero-order valence-corrected chi connectivity index (χ0v) is 14.4. The molecule has 126 valence electrons. The van der Waals surface area contributed by atoms with Crippen molar-refractivity contribution in [2.45, 2.75) is 13.8 Å². The van der Waals surface area contributed by atoms with E-state index in [0.717, 1.165) is 17.4 Å². The van der Waals surface area contributed by atoms with Crippen molar-refractivity contribution in [3.05, 3.63) is 55.4 Å². The quantitative estimate of drug-likeness (QED) is 0.487. The van der Waals surface area contributed by atoms with E-state index in [1.54, 1.807) is 19.9 Å². The van der Waals surface area contributed by atoms with Gasteiger partial charge in [-0.25, -0.2) is 4.79 Å². The van der Waals surface area contributed by atoms with E-state index in [4.69, 9.17) is 16.3 Å². The summed E-state index contributed by atoms with van der Waals surface area (Å²) in [6.07, 6.45) is 0. The van der Waals surface area contributed by atoms with E-state index in [2.05, 4.69) is 5.32 Å². The first-order valence-corrected chi connectivity index (χ1v) is 8.05. The third-order valence-corrected chi connectivity index (χ3v) is 4.47. The molecule has 0 saturated carbocycles. The molecule has 1 aromatic carbocycles. The van der Waals surface area contributed by atoms with Crippen LogP contribution in [-0.2, 0) is 4.74 Å². The van der Waals surface area contributed by atoms with E-state index in [0.29, 0.717) is 15.4 Å². The summed E-state index contributed by atoms with van der Waals surface area (Å²) in [4.78, 5) is 34.5. The van der Waals surface area contributed by atoms with Crippen molar-refractivity contribution < 1.29 is 19.2 Å². The number of hydrogen-bond acceptors (Lipinski definition) is 6. The SMILES string of the molecule is CCOC(=O)c1sc(NC(=O)c2ccc([N+](=O)[O-])cc2Cl)cc1C. The maximum absolute atomic E-state index is 12.3. The van der Waals surface area contributed by atoms with Crippen LogP contribution in [0.25, 0.3) is 0 Å². The average Bonchev–Trinajstić information content (AvgIpc) is 2.87. The smallest absolute Gasteiger partial charge is 0.348 e. The zero-order chi connectivity index (χ0) is 17.9. The van der Waals surface area contributed by atoms with E-state index in [1.165, 1.54) is 12.1 Å². The Morgan fingerprint density at radius 2 is 2.08 bits per heavy atom. The van der Waals surface area contributed by atoms with Crippen LogP contribution >= 0.6 is 22.9 Å². The van der Waals surface area contributed by atoms with Gasteiger partial charge >= 0.3 is 5.97 Å². The van der Waals surface area contributed by atoms with Crippen molar-refractivity contribution in [1.29, 1.82) is 0 Å². The molecule has 0 unspecified atom stereocenters. The predicted molar refractivity (Wildman–Crippen MR) is 91.1 cm³/mol. The van der Waals surface area contributed by atoms with Crippen LogP contribution in [0.15, 0.2) is 24.3 Å². The molecule has 2 rings (SSSR count). The lowest BCUT2D eigenvalue weighted by molar-refractivity contribution is -0.384. The molecule has 1 heterocycles. The maximum Gasteiger partial charge on any atom is 0.348 e. The van der Waals surface area contributed by atoms with Gasteiger partial charge in [-0.1, -0.05) is 11.6 Å². The van der Waals surface area contributed by atoms with Crippen molar-refractivity contribution in [3.8, 4) is 0 Å². The summed E-state index contributed by atoms with van der Waals surface area (Å²) in [6, 6.07) is 5.24. The second-order valence-corrected chi connectivity index (χ2v) is 6.18. The highest BCUT2D eigenvalue weighted by atomic mass is 35.5. The molecule has 0 atom stereocenters. The fourth-order valence-electron chi connectivity index (χ4n) is 1.92. The number of thiophene rings is 1. The normalized spacial score (nSPS) is 10.3. The minimum Gasteiger partial charge on any atom is -0.462 e. The van der Waals surface area contributed by atoms with Crippen molar-refractivity contribution >= 4 is 45.5 Å². The number of esters is 1. The maximum atomic E-state index is 12.3. The number of amides is 1. The number of hydrogen-bond donors (Lipinski definition) is 1. The molecule has 0 bridgehead atoms. The topological polar surface area (TPSA) is 98.5 Å². The summed E-state index contributed by atoms with van der Waals surface area (Å²) in [5.41, 5.74) is 0.586. The second-order valence-electron chi connectivity index (χ2n) is 4.72. The highest BCUT2D eigenvalue weighted by molar-refractivity contribution is 7.18. The standard InChI is InChI=1S/C15H13ClN2O5S/c1-3-23-15(20)13-8(2)6-12(24-13)17-14(19)10-5-4-9(18(21)22)7-11(10)16/h4-7H,3H2,1-2H3,(H,17,19). The minimum atomic E-state index is -0.595. The van der Waals surface area contributed by atoms with Crippen molar-refractivity contribution in [1.82, 2.24) is 0 Å². The Labute approximate surface area is 146 Å². The van der Waals surface area contributed by atoms with Crippen molar-refractivity contribution in [2.75, 3.05) is 11.9 Å². The Morgan fingerprint density at radius 1 is 1.38 bits per heavy atom. The lowest BCUT2D eigenvalue weighted by Gasteiger charge is -2.04. The summed E-state index contributed by atoms with van der Waals surface area (Å²) >= 11 is 7.01. The number of benzene rings is 1. The Kier molecular flexibility index (Phi) is 5.53. The summed E-state index contributed by atoms with van der Waals surface area (Å²) in [5.74, 6) is -0.972. The van der Waals surface area contributed by atoms with Gasteiger partial charge in [-0.15, -0.1) is 11.3 Å².